The summed E-state index contributed by atoms with van der Waals surface area (Å²) in [5.41, 5.74) is 3.31. The van der Waals surface area contributed by atoms with Gasteiger partial charge in [0.1, 0.15) is 0 Å². The van der Waals surface area contributed by atoms with Crippen molar-refractivity contribution in [1.29, 1.82) is 0 Å². The van der Waals surface area contributed by atoms with E-state index in [2.05, 4.69) is 43.1 Å². The lowest BCUT2D eigenvalue weighted by atomic mass is 9.87. The fraction of sp³-hybridized carbons (Fsp3) is 0.348. The summed E-state index contributed by atoms with van der Waals surface area (Å²) in [6, 6.07) is 18.1. The molecule has 0 fully saturated rings. The number of amides is 1. The van der Waals surface area contributed by atoms with Gasteiger partial charge < -0.3 is 9.32 Å². The summed E-state index contributed by atoms with van der Waals surface area (Å²) in [6.45, 7) is 8.96. The summed E-state index contributed by atoms with van der Waals surface area (Å²) in [5, 5.41) is 8.32. The van der Waals surface area contributed by atoms with Crippen LogP contribution in [0.25, 0.3) is 11.5 Å². The largest absolute Gasteiger partial charge is 0.411 e. The van der Waals surface area contributed by atoms with Crippen LogP contribution >= 0.6 is 11.8 Å². The third kappa shape index (κ3) is 5.48. The number of nitrogens with zero attached hydrogens (tertiary/aromatic N) is 3. The molecule has 6 heteroatoms. The minimum Gasteiger partial charge on any atom is -0.411 e. The SMILES string of the molecule is CC(Sc1nnc(-c2ccc(C(C)(C)C)cc2)o1)C(=O)N(C)Cc1ccccc1. The maximum absolute atomic E-state index is 12.7. The molecule has 0 N–H and O–H groups in total. The van der Waals surface area contributed by atoms with E-state index in [9.17, 15) is 4.79 Å². The van der Waals surface area contributed by atoms with Crippen molar-refractivity contribution in [2.24, 2.45) is 0 Å². The van der Waals surface area contributed by atoms with Crippen LogP contribution in [0.5, 0.6) is 0 Å². The molecule has 1 heterocycles. The van der Waals surface area contributed by atoms with Gasteiger partial charge in [0, 0.05) is 19.2 Å². The van der Waals surface area contributed by atoms with Crippen LogP contribution in [0.15, 0.2) is 64.2 Å². The average molecular weight is 410 g/mol. The van der Waals surface area contributed by atoms with Crippen LogP contribution in [0.2, 0.25) is 0 Å². The van der Waals surface area contributed by atoms with Gasteiger partial charge in [-0.3, -0.25) is 4.79 Å². The Kier molecular flexibility index (Phi) is 6.42. The molecule has 1 atom stereocenters. The second kappa shape index (κ2) is 8.82. The van der Waals surface area contributed by atoms with E-state index in [0.717, 1.165) is 11.1 Å². The molecule has 0 saturated carbocycles. The fourth-order valence-corrected chi connectivity index (χ4v) is 3.73. The number of rotatable bonds is 6. The fourth-order valence-electron chi connectivity index (χ4n) is 2.93. The topological polar surface area (TPSA) is 59.2 Å². The highest BCUT2D eigenvalue weighted by molar-refractivity contribution is 8.00. The first-order valence-electron chi connectivity index (χ1n) is 9.64. The van der Waals surface area contributed by atoms with Crippen LogP contribution < -0.4 is 0 Å². The number of carbonyl (C=O) groups is 1. The van der Waals surface area contributed by atoms with E-state index in [-0.39, 0.29) is 16.6 Å². The predicted octanol–water partition coefficient (Wildman–Crippen LogP) is 5.17. The van der Waals surface area contributed by atoms with Crippen molar-refractivity contribution in [2.75, 3.05) is 7.05 Å². The van der Waals surface area contributed by atoms with Gasteiger partial charge in [0.15, 0.2) is 0 Å². The minimum absolute atomic E-state index is 0.0214. The first kappa shape index (κ1) is 21.1. The molecule has 3 rings (SSSR count). The molecule has 0 spiro atoms. The molecule has 1 unspecified atom stereocenters. The molecule has 1 amide bonds. The molecule has 5 nitrogen and oxygen atoms in total. The number of thioether (sulfide) groups is 1. The number of hydrogen-bond acceptors (Lipinski definition) is 5. The van der Waals surface area contributed by atoms with Crippen molar-refractivity contribution in [3.8, 4) is 11.5 Å². The Morgan fingerprint density at radius 2 is 1.72 bits per heavy atom. The third-order valence-corrected chi connectivity index (χ3v) is 5.59. The maximum atomic E-state index is 12.7. The Labute approximate surface area is 176 Å². The van der Waals surface area contributed by atoms with E-state index < -0.39 is 0 Å². The van der Waals surface area contributed by atoms with Crippen molar-refractivity contribution in [3.63, 3.8) is 0 Å². The van der Waals surface area contributed by atoms with Gasteiger partial charge in [-0.2, -0.15) is 0 Å². The lowest BCUT2D eigenvalue weighted by Gasteiger charge is -2.20. The van der Waals surface area contributed by atoms with Crippen molar-refractivity contribution >= 4 is 17.7 Å². The Hall–Kier alpha value is -2.60. The summed E-state index contributed by atoms with van der Waals surface area (Å²) in [6.07, 6.45) is 0. The summed E-state index contributed by atoms with van der Waals surface area (Å²) in [4.78, 5) is 14.4. The van der Waals surface area contributed by atoms with Crippen molar-refractivity contribution in [3.05, 3.63) is 65.7 Å². The first-order valence-corrected chi connectivity index (χ1v) is 10.5. The molecule has 0 aliphatic heterocycles. The van der Waals surface area contributed by atoms with Crippen LogP contribution in [-0.2, 0) is 16.8 Å². The van der Waals surface area contributed by atoms with E-state index in [1.165, 1.54) is 17.3 Å². The monoisotopic (exact) mass is 409 g/mol. The van der Waals surface area contributed by atoms with Gasteiger partial charge in [-0.15, -0.1) is 10.2 Å². The van der Waals surface area contributed by atoms with E-state index in [1.54, 1.807) is 4.90 Å². The molecule has 3 aromatic rings. The van der Waals surface area contributed by atoms with E-state index in [1.807, 2.05) is 56.4 Å². The van der Waals surface area contributed by atoms with Gasteiger partial charge in [0.2, 0.25) is 11.8 Å². The number of carbonyl (C=O) groups excluding carboxylic acids is 1. The third-order valence-electron chi connectivity index (χ3n) is 4.67. The zero-order chi connectivity index (χ0) is 21.0. The van der Waals surface area contributed by atoms with Gasteiger partial charge >= 0.3 is 0 Å². The second-order valence-electron chi connectivity index (χ2n) is 8.14. The van der Waals surface area contributed by atoms with Crippen LogP contribution in [0.4, 0.5) is 0 Å². The predicted molar refractivity (Wildman–Crippen MR) is 117 cm³/mol. The van der Waals surface area contributed by atoms with Gasteiger partial charge in [-0.1, -0.05) is 75.0 Å². The Bertz CT molecular complexity index is 946. The van der Waals surface area contributed by atoms with E-state index in [4.69, 9.17) is 4.42 Å². The molecule has 0 saturated heterocycles. The minimum atomic E-state index is -0.319. The number of benzene rings is 2. The smallest absolute Gasteiger partial charge is 0.277 e. The second-order valence-corrected chi connectivity index (χ2v) is 9.43. The Balaban J connectivity index is 1.62. The van der Waals surface area contributed by atoms with Crippen molar-refractivity contribution < 1.29 is 9.21 Å². The molecular weight excluding hydrogens is 382 g/mol. The normalized spacial score (nSPS) is 12.6. The van der Waals surface area contributed by atoms with Gasteiger partial charge in [-0.05, 0) is 35.6 Å². The van der Waals surface area contributed by atoms with Gasteiger partial charge in [0.25, 0.3) is 5.22 Å². The molecule has 152 valence electrons. The summed E-state index contributed by atoms with van der Waals surface area (Å²) in [7, 11) is 1.81. The Morgan fingerprint density at radius 3 is 2.34 bits per heavy atom. The summed E-state index contributed by atoms with van der Waals surface area (Å²) >= 11 is 1.28. The van der Waals surface area contributed by atoms with E-state index >= 15 is 0 Å². The molecule has 0 aliphatic rings. The molecular formula is C23H27N3O2S. The average Bonchev–Trinajstić information content (AvgIpc) is 3.16. The van der Waals surface area contributed by atoms with E-state index in [0.29, 0.717) is 17.7 Å². The standard InChI is InChI=1S/C23H27N3O2S/c1-16(21(27)26(5)15-17-9-7-6-8-10-17)29-22-25-24-20(28-22)18-11-13-19(14-12-18)23(2,3)4/h6-14,16H,15H2,1-5H3. The van der Waals surface area contributed by atoms with Crippen LogP contribution in [0.3, 0.4) is 0 Å². The maximum Gasteiger partial charge on any atom is 0.277 e. The first-order chi connectivity index (χ1) is 13.7. The summed E-state index contributed by atoms with van der Waals surface area (Å²) < 4.78 is 5.78. The zero-order valence-corrected chi connectivity index (χ0v) is 18.4. The molecule has 29 heavy (non-hydrogen) atoms. The lowest BCUT2D eigenvalue weighted by molar-refractivity contribution is -0.129. The number of aromatic nitrogens is 2. The molecule has 1 aromatic heterocycles. The highest BCUT2D eigenvalue weighted by atomic mass is 32.2. The Morgan fingerprint density at radius 1 is 1.07 bits per heavy atom. The van der Waals surface area contributed by atoms with Gasteiger partial charge in [0.05, 0.1) is 5.25 Å². The molecule has 0 radical (unpaired) electrons. The molecule has 0 aliphatic carbocycles. The number of hydrogen-bond donors (Lipinski definition) is 0. The van der Waals surface area contributed by atoms with Crippen molar-refractivity contribution in [1.82, 2.24) is 15.1 Å². The van der Waals surface area contributed by atoms with Crippen molar-refractivity contribution in [2.45, 2.75) is 50.1 Å². The quantitative estimate of drug-likeness (QED) is 0.526. The zero-order valence-electron chi connectivity index (χ0n) is 17.5. The van der Waals surface area contributed by atoms with Crippen LogP contribution in [0, 0.1) is 0 Å². The van der Waals surface area contributed by atoms with Crippen LogP contribution in [0.1, 0.15) is 38.8 Å². The highest BCUT2D eigenvalue weighted by Crippen LogP contribution is 2.29. The molecule has 0 bridgehead atoms. The summed E-state index contributed by atoms with van der Waals surface area (Å²) in [5.74, 6) is 0.485. The van der Waals surface area contributed by atoms with Gasteiger partial charge in [-0.25, -0.2) is 0 Å². The highest BCUT2D eigenvalue weighted by Gasteiger charge is 2.22. The lowest BCUT2D eigenvalue weighted by Crippen LogP contribution is -2.32. The molecule has 2 aromatic carbocycles. The van der Waals surface area contributed by atoms with Crippen LogP contribution in [-0.4, -0.2) is 33.3 Å².